The zero-order valence-corrected chi connectivity index (χ0v) is 13.9. The summed E-state index contributed by atoms with van der Waals surface area (Å²) in [5.74, 6) is 0. The number of benzene rings is 2. The minimum Gasteiger partial charge on any atom is -1.00 e. The highest BCUT2D eigenvalue weighted by Gasteiger charge is 2.05. The average molecular weight is 322 g/mol. The van der Waals surface area contributed by atoms with Gasteiger partial charge in [0, 0.05) is 17.2 Å². The third-order valence-electron chi connectivity index (χ3n) is 3.72. The van der Waals surface area contributed by atoms with Crippen LogP contribution in [0.25, 0.3) is 12.2 Å². The molecule has 23 heavy (non-hydrogen) atoms. The molecule has 0 radical (unpaired) electrons. The van der Waals surface area contributed by atoms with Crippen LogP contribution in [0.3, 0.4) is 0 Å². The van der Waals surface area contributed by atoms with Crippen LogP contribution < -0.4 is 17.0 Å². The number of hydrogen-bond donors (Lipinski definition) is 0. The fraction of sp³-hybridized carbons (Fsp3) is 0.0952. The van der Waals surface area contributed by atoms with Gasteiger partial charge in [0.15, 0.2) is 18.9 Å². The Kier molecular flexibility index (Phi) is 6.13. The van der Waals surface area contributed by atoms with Crippen molar-refractivity contribution < 1.29 is 17.0 Å². The lowest BCUT2D eigenvalue weighted by atomic mass is 10.1. The molecular formula is C21H20ClN. The van der Waals surface area contributed by atoms with Gasteiger partial charge >= 0.3 is 0 Å². The summed E-state index contributed by atoms with van der Waals surface area (Å²) < 4.78 is 2.23. The maximum Gasteiger partial charge on any atom is 0.173 e. The van der Waals surface area contributed by atoms with E-state index in [0.717, 1.165) is 6.54 Å². The Balaban J connectivity index is 0.00000192. The number of hydrogen-bond acceptors (Lipinski definition) is 0. The van der Waals surface area contributed by atoms with Crippen LogP contribution in [0.4, 0.5) is 0 Å². The summed E-state index contributed by atoms with van der Waals surface area (Å²) in [6.45, 7) is 3.07. The molecule has 2 heteroatoms. The summed E-state index contributed by atoms with van der Waals surface area (Å²) in [7, 11) is 0. The summed E-state index contributed by atoms with van der Waals surface area (Å²) in [5, 5.41) is 0. The predicted molar refractivity (Wildman–Crippen MR) is 92.3 cm³/mol. The van der Waals surface area contributed by atoms with Crippen molar-refractivity contribution in [2.75, 3.05) is 0 Å². The summed E-state index contributed by atoms with van der Waals surface area (Å²) in [4.78, 5) is 0. The Morgan fingerprint density at radius 2 is 1.48 bits per heavy atom. The molecule has 0 fully saturated rings. The van der Waals surface area contributed by atoms with E-state index in [9.17, 15) is 0 Å². The molecule has 1 nitrogen and oxygen atoms in total. The summed E-state index contributed by atoms with van der Waals surface area (Å²) >= 11 is 0. The molecule has 3 aromatic rings. The first-order valence-corrected chi connectivity index (χ1v) is 7.58. The predicted octanol–water partition coefficient (Wildman–Crippen LogP) is 1.51. The van der Waals surface area contributed by atoms with Crippen LogP contribution in [-0.4, -0.2) is 0 Å². The molecule has 0 amide bonds. The maximum atomic E-state index is 2.23. The van der Waals surface area contributed by atoms with Gasteiger partial charge in [-0.2, -0.15) is 0 Å². The van der Waals surface area contributed by atoms with Crippen LogP contribution in [0.2, 0.25) is 0 Å². The van der Waals surface area contributed by atoms with Gasteiger partial charge in [-0.3, -0.25) is 0 Å². The van der Waals surface area contributed by atoms with Crippen LogP contribution >= 0.6 is 0 Å². The monoisotopic (exact) mass is 321 g/mol. The van der Waals surface area contributed by atoms with Crippen molar-refractivity contribution in [2.24, 2.45) is 0 Å². The molecule has 0 aliphatic carbocycles. The first-order valence-electron chi connectivity index (χ1n) is 7.58. The molecular weight excluding hydrogens is 302 g/mol. The third-order valence-corrected chi connectivity index (χ3v) is 3.72. The Hall–Kier alpha value is -2.38. The molecule has 0 saturated heterocycles. The van der Waals surface area contributed by atoms with Crippen molar-refractivity contribution in [1.29, 1.82) is 0 Å². The number of rotatable bonds is 4. The summed E-state index contributed by atoms with van der Waals surface area (Å²) in [6, 6.07) is 23.1. The van der Waals surface area contributed by atoms with Crippen LogP contribution in [0.15, 0.2) is 79.1 Å². The van der Waals surface area contributed by atoms with Crippen molar-refractivity contribution in [1.82, 2.24) is 0 Å². The largest absolute Gasteiger partial charge is 1.00 e. The molecule has 3 rings (SSSR count). The van der Waals surface area contributed by atoms with Crippen molar-refractivity contribution in [2.45, 2.75) is 13.5 Å². The van der Waals surface area contributed by atoms with Crippen LogP contribution in [0.1, 0.15) is 22.3 Å². The topological polar surface area (TPSA) is 3.88 Å². The quantitative estimate of drug-likeness (QED) is 0.641. The number of aromatic nitrogens is 1. The highest BCUT2D eigenvalue weighted by Crippen LogP contribution is 2.11. The highest BCUT2D eigenvalue weighted by atomic mass is 35.5. The highest BCUT2D eigenvalue weighted by molar-refractivity contribution is 5.70. The second-order valence-electron chi connectivity index (χ2n) is 5.49. The van der Waals surface area contributed by atoms with Gasteiger partial charge in [0.2, 0.25) is 0 Å². The first kappa shape index (κ1) is 17.0. The van der Waals surface area contributed by atoms with E-state index in [2.05, 4.69) is 96.7 Å². The van der Waals surface area contributed by atoms with Gasteiger partial charge in [0.1, 0.15) is 0 Å². The third kappa shape index (κ3) is 4.80. The molecule has 0 saturated carbocycles. The number of halogens is 1. The van der Waals surface area contributed by atoms with Gasteiger partial charge < -0.3 is 12.4 Å². The molecule has 116 valence electrons. The minimum atomic E-state index is 0. The van der Waals surface area contributed by atoms with Crippen molar-refractivity contribution in [3.8, 4) is 0 Å². The smallest absolute Gasteiger partial charge is 0.173 e. The first-order chi connectivity index (χ1) is 10.8. The van der Waals surface area contributed by atoms with Gasteiger partial charge in [-0.1, -0.05) is 72.8 Å². The van der Waals surface area contributed by atoms with Gasteiger partial charge in [-0.05, 0) is 18.1 Å². The Bertz CT molecular complexity index is 764. The normalized spacial score (nSPS) is 10.5. The van der Waals surface area contributed by atoms with Gasteiger partial charge in [0.25, 0.3) is 0 Å². The van der Waals surface area contributed by atoms with Crippen LogP contribution in [-0.2, 0) is 6.54 Å². The molecule has 0 N–H and O–H groups in total. The molecule has 1 aromatic heterocycles. The second kappa shape index (κ2) is 8.30. The number of aryl methyl sites for hydroxylation is 1. The molecule has 0 atom stereocenters. The molecule has 2 aromatic carbocycles. The molecule has 0 aliphatic rings. The van der Waals surface area contributed by atoms with Gasteiger partial charge in [-0.15, -0.1) is 0 Å². The van der Waals surface area contributed by atoms with Crippen molar-refractivity contribution in [3.05, 3.63) is 101 Å². The van der Waals surface area contributed by atoms with Crippen molar-refractivity contribution in [3.63, 3.8) is 0 Å². The Morgan fingerprint density at radius 1 is 0.826 bits per heavy atom. The fourth-order valence-corrected chi connectivity index (χ4v) is 2.50. The Labute approximate surface area is 144 Å². The van der Waals surface area contributed by atoms with Crippen LogP contribution in [0, 0.1) is 6.92 Å². The Morgan fingerprint density at radius 3 is 2.13 bits per heavy atom. The van der Waals surface area contributed by atoms with E-state index in [1.54, 1.807) is 0 Å². The second-order valence-corrected chi connectivity index (χ2v) is 5.49. The zero-order chi connectivity index (χ0) is 15.2. The lowest BCUT2D eigenvalue weighted by molar-refractivity contribution is -0.688. The van der Waals surface area contributed by atoms with Crippen molar-refractivity contribution >= 4 is 12.2 Å². The van der Waals surface area contributed by atoms with E-state index in [1.807, 2.05) is 6.07 Å². The maximum absolute atomic E-state index is 2.23. The molecule has 0 spiro atoms. The lowest BCUT2D eigenvalue weighted by Gasteiger charge is -2.02. The average Bonchev–Trinajstić information content (AvgIpc) is 2.56. The van der Waals surface area contributed by atoms with E-state index in [1.165, 1.54) is 22.3 Å². The van der Waals surface area contributed by atoms with Gasteiger partial charge in [-0.25, -0.2) is 4.57 Å². The molecule has 1 heterocycles. The van der Waals surface area contributed by atoms with E-state index >= 15 is 0 Å². The SMILES string of the molecule is Cc1c[n+](Cc2ccccc2)ccc1C=Cc1ccccc1.[Cl-]. The molecule has 0 aliphatic heterocycles. The lowest BCUT2D eigenvalue weighted by Crippen LogP contribution is -3.00. The molecule has 0 bridgehead atoms. The van der Waals surface area contributed by atoms with E-state index in [-0.39, 0.29) is 12.4 Å². The van der Waals surface area contributed by atoms with E-state index in [4.69, 9.17) is 0 Å². The summed E-state index contributed by atoms with van der Waals surface area (Å²) in [6.07, 6.45) is 8.68. The fourth-order valence-electron chi connectivity index (χ4n) is 2.50. The number of pyridine rings is 1. The molecule has 0 unspecified atom stereocenters. The minimum absolute atomic E-state index is 0. The summed E-state index contributed by atoms with van der Waals surface area (Å²) in [5.41, 5.74) is 5.08. The van der Waals surface area contributed by atoms with Crippen LogP contribution in [0.5, 0.6) is 0 Å². The zero-order valence-electron chi connectivity index (χ0n) is 13.2. The standard InChI is InChI=1S/C21H20N.ClH/c1-18-16-22(17-20-10-6-3-7-11-20)15-14-21(18)13-12-19-8-4-2-5-9-19;/h2-16H,17H2,1H3;1H/q+1;/p-1. The van der Waals surface area contributed by atoms with Gasteiger partial charge in [0.05, 0.1) is 0 Å². The van der Waals surface area contributed by atoms with E-state index < -0.39 is 0 Å². The van der Waals surface area contributed by atoms with E-state index in [0.29, 0.717) is 0 Å². The number of nitrogens with zero attached hydrogens (tertiary/aromatic N) is 1.